The van der Waals surface area contributed by atoms with E-state index in [0.29, 0.717) is 24.0 Å². The summed E-state index contributed by atoms with van der Waals surface area (Å²) in [5.74, 6) is 2.72. The molecule has 2 heterocycles. The molecule has 184 valence electrons. The fourth-order valence-electron chi connectivity index (χ4n) is 7.02. The Kier molecular flexibility index (Phi) is 6.56. The molecule has 7 rings (SSSR count). The second-order valence-electron chi connectivity index (χ2n) is 10.8. The van der Waals surface area contributed by atoms with Gasteiger partial charge < -0.3 is 10.1 Å². The molecule has 0 unspecified atom stereocenters. The quantitative estimate of drug-likeness (QED) is 0.496. The number of hydrogen-bond acceptors (Lipinski definition) is 7. The van der Waals surface area contributed by atoms with Crippen LogP contribution in [0.25, 0.3) is 0 Å². The monoisotopic (exact) mass is 480 g/mol. The van der Waals surface area contributed by atoms with Gasteiger partial charge in [-0.05, 0) is 81.4 Å². The average Bonchev–Trinajstić information content (AvgIpc) is 3.13. The Morgan fingerprint density at radius 2 is 1.70 bits per heavy atom. The van der Waals surface area contributed by atoms with E-state index >= 15 is 0 Å². The van der Waals surface area contributed by atoms with Crippen LogP contribution in [-0.4, -0.2) is 42.3 Å². The molecule has 8 nitrogen and oxygen atoms in total. The molecule has 0 amide bonds. The van der Waals surface area contributed by atoms with Gasteiger partial charge in [0.15, 0.2) is 0 Å². The molecule has 0 radical (unpaired) electrons. The third-order valence-electron chi connectivity index (χ3n) is 8.28. The first-order chi connectivity index (χ1) is 15.7. The van der Waals surface area contributed by atoms with Gasteiger partial charge in [-0.1, -0.05) is 6.07 Å². The van der Waals surface area contributed by atoms with E-state index in [4.69, 9.17) is 19.1 Å². The number of hydrogen-bond donors (Lipinski definition) is 2. The smallest absolute Gasteiger partial charge is 0.261 e. The Hall–Kier alpha value is -1.10. The minimum Gasteiger partial charge on any atom is -0.312 e. The molecule has 1 aliphatic heterocycles. The molecule has 2 spiro atoms. The zero-order valence-electron chi connectivity index (χ0n) is 19.3. The standard InChI is InChI=1S/C23H32N2O3.CH4O3S/c1-2-8-25-21(3-1)15-24-14-16-4-6-22(7-5-16)26-23(28-27-22)19-10-17-9-18(12-19)13-20(23)11-17;1-5(2,3)4/h1-3,8,16-20,24H,4-7,9-15H2;1H3,(H,2,3,4). The Labute approximate surface area is 196 Å². The van der Waals surface area contributed by atoms with E-state index in [2.05, 4.69) is 16.4 Å². The van der Waals surface area contributed by atoms with E-state index in [1.165, 1.54) is 32.1 Å². The highest BCUT2D eigenvalue weighted by atomic mass is 32.2. The maximum atomic E-state index is 9.19. The molecule has 1 aromatic heterocycles. The molecule has 1 aromatic rings. The Morgan fingerprint density at radius 3 is 2.27 bits per heavy atom. The minimum atomic E-state index is -3.67. The predicted octanol–water partition coefficient (Wildman–Crippen LogP) is 3.69. The number of rotatable bonds is 4. The molecular formula is C24H36N2O6S. The van der Waals surface area contributed by atoms with Crippen molar-refractivity contribution in [3.8, 4) is 0 Å². The maximum Gasteiger partial charge on any atom is 0.261 e. The lowest BCUT2D eigenvalue weighted by atomic mass is 9.53. The molecule has 0 atom stereocenters. The van der Waals surface area contributed by atoms with Crippen molar-refractivity contribution in [1.82, 2.24) is 10.3 Å². The highest BCUT2D eigenvalue weighted by Gasteiger charge is 2.66. The van der Waals surface area contributed by atoms with Crippen LogP contribution in [0.2, 0.25) is 0 Å². The van der Waals surface area contributed by atoms with E-state index in [-0.39, 0.29) is 0 Å². The van der Waals surface area contributed by atoms with Crippen LogP contribution in [0.1, 0.15) is 63.5 Å². The molecule has 5 saturated carbocycles. The third kappa shape index (κ3) is 5.28. The summed E-state index contributed by atoms with van der Waals surface area (Å²) in [5, 5.41) is 3.57. The van der Waals surface area contributed by atoms with Gasteiger partial charge >= 0.3 is 0 Å². The van der Waals surface area contributed by atoms with Crippen LogP contribution in [0.3, 0.4) is 0 Å². The van der Waals surface area contributed by atoms with Crippen LogP contribution < -0.4 is 5.32 Å². The summed E-state index contributed by atoms with van der Waals surface area (Å²) in [5.41, 5.74) is 1.11. The van der Waals surface area contributed by atoms with Crippen molar-refractivity contribution in [3.05, 3.63) is 30.1 Å². The Bertz CT molecular complexity index is 880. The zero-order valence-corrected chi connectivity index (χ0v) is 20.1. The lowest BCUT2D eigenvalue weighted by Gasteiger charge is -2.57. The van der Waals surface area contributed by atoms with Gasteiger partial charge in [0, 0.05) is 37.4 Å². The molecule has 33 heavy (non-hydrogen) atoms. The molecule has 5 aliphatic carbocycles. The van der Waals surface area contributed by atoms with Crippen molar-refractivity contribution in [3.63, 3.8) is 0 Å². The molecule has 0 aromatic carbocycles. The number of nitrogens with zero attached hydrogens (tertiary/aromatic N) is 1. The lowest BCUT2D eigenvalue weighted by Crippen LogP contribution is -2.59. The summed E-state index contributed by atoms with van der Waals surface area (Å²) in [6.07, 6.45) is 13.3. The zero-order chi connectivity index (χ0) is 23.1. The topological polar surface area (TPSA) is 107 Å². The van der Waals surface area contributed by atoms with Crippen LogP contribution >= 0.6 is 0 Å². The van der Waals surface area contributed by atoms with Crippen LogP contribution in [-0.2, 0) is 31.2 Å². The van der Waals surface area contributed by atoms with Gasteiger partial charge in [0.25, 0.3) is 10.1 Å². The van der Waals surface area contributed by atoms with Gasteiger partial charge in [-0.3, -0.25) is 9.54 Å². The van der Waals surface area contributed by atoms with Gasteiger partial charge in [0.2, 0.25) is 11.6 Å². The first-order valence-electron chi connectivity index (χ1n) is 12.3. The highest BCUT2D eigenvalue weighted by molar-refractivity contribution is 7.85. The van der Waals surface area contributed by atoms with E-state index in [9.17, 15) is 8.42 Å². The number of nitrogens with one attached hydrogen (secondary N) is 1. The third-order valence-corrected chi connectivity index (χ3v) is 8.28. The molecule has 4 bridgehead atoms. The second-order valence-corrected chi connectivity index (χ2v) is 12.3. The summed E-state index contributed by atoms with van der Waals surface area (Å²) >= 11 is 0. The van der Waals surface area contributed by atoms with E-state index in [1.54, 1.807) is 0 Å². The average molecular weight is 481 g/mol. The van der Waals surface area contributed by atoms with Crippen molar-refractivity contribution < 1.29 is 27.5 Å². The van der Waals surface area contributed by atoms with E-state index in [1.807, 2.05) is 18.3 Å². The minimum absolute atomic E-state index is 0.419. The highest BCUT2D eigenvalue weighted by Crippen LogP contribution is 2.63. The second kappa shape index (κ2) is 9.17. The summed E-state index contributed by atoms with van der Waals surface area (Å²) in [6.45, 7) is 1.88. The van der Waals surface area contributed by atoms with Crippen molar-refractivity contribution >= 4 is 10.1 Å². The SMILES string of the molecule is CS(=O)(=O)O.c1ccc(CNCC2CCC3(CC2)OOC2(O3)C3CC4CC(C3)CC2C4)nc1. The van der Waals surface area contributed by atoms with Gasteiger partial charge in [-0.15, -0.1) is 0 Å². The van der Waals surface area contributed by atoms with Crippen molar-refractivity contribution in [2.24, 2.45) is 29.6 Å². The fourth-order valence-corrected chi connectivity index (χ4v) is 7.02. The summed E-state index contributed by atoms with van der Waals surface area (Å²) in [7, 11) is -3.67. The van der Waals surface area contributed by atoms with Crippen LogP contribution in [0.5, 0.6) is 0 Å². The van der Waals surface area contributed by atoms with Crippen molar-refractivity contribution in [2.75, 3.05) is 12.8 Å². The summed E-state index contributed by atoms with van der Waals surface area (Å²) < 4.78 is 32.7. The molecule has 6 aliphatic rings. The van der Waals surface area contributed by atoms with Crippen molar-refractivity contribution in [1.29, 1.82) is 0 Å². The van der Waals surface area contributed by atoms with Crippen LogP contribution in [0.4, 0.5) is 0 Å². The first-order valence-corrected chi connectivity index (χ1v) is 14.2. The van der Waals surface area contributed by atoms with Gasteiger partial charge in [-0.25, -0.2) is 0 Å². The number of aromatic nitrogens is 1. The normalized spacial score (nSPS) is 41.3. The molecular weight excluding hydrogens is 444 g/mol. The molecule has 1 saturated heterocycles. The van der Waals surface area contributed by atoms with Gasteiger partial charge in [-0.2, -0.15) is 18.2 Å². The fraction of sp³-hybridized carbons (Fsp3) is 0.792. The molecule has 9 heteroatoms. The van der Waals surface area contributed by atoms with Crippen LogP contribution in [0.15, 0.2) is 24.4 Å². The first kappa shape index (κ1) is 23.6. The van der Waals surface area contributed by atoms with E-state index in [0.717, 1.165) is 56.3 Å². The predicted molar refractivity (Wildman–Crippen MR) is 121 cm³/mol. The van der Waals surface area contributed by atoms with Crippen LogP contribution in [0, 0.1) is 29.6 Å². The lowest BCUT2D eigenvalue weighted by molar-refractivity contribution is -0.390. The number of pyridine rings is 1. The molecule has 2 N–H and O–H groups in total. The Balaban J connectivity index is 0.000000416. The number of ether oxygens (including phenoxy) is 1. The molecule has 6 fully saturated rings. The van der Waals surface area contributed by atoms with Gasteiger partial charge in [0.1, 0.15) is 0 Å². The van der Waals surface area contributed by atoms with E-state index < -0.39 is 21.7 Å². The maximum absolute atomic E-state index is 9.19. The Morgan fingerprint density at radius 1 is 1.06 bits per heavy atom. The largest absolute Gasteiger partial charge is 0.312 e. The van der Waals surface area contributed by atoms with Crippen molar-refractivity contribution in [2.45, 2.75) is 75.9 Å². The summed E-state index contributed by atoms with van der Waals surface area (Å²) in [6, 6.07) is 6.08. The summed E-state index contributed by atoms with van der Waals surface area (Å²) in [4.78, 5) is 16.6. The van der Waals surface area contributed by atoms with Gasteiger partial charge in [0.05, 0.1) is 11.9 Å².